The van der Waals surface area contributed by atoms with Gasteiger partial charge in [0.05, 0.1) is 23.7 Å². The number of nitrogens with zero attached hydrogens (tertiary/aromatic N) is 1. The molecule has 1 unspecified atom stereocenters. The van der Waals surface area contributed by atoms with E-state index >= 15 is 0 Å². The Hall–Kier alpha value is -1.53. The highest BCUT2D eigenvalue weighted by Gasteiger charge is 2.19. The molecule has 0 bridgehead atoms. The molecule has 1 atom stereocenters. The zero-order valence-electron chi connectivity index (χ0n) is 12.1. The minimum atomic E-state index is 0.0170. The van der Waals surface area contributed by atoms with Crippen molar-refractivity contribution in [1.29, 1.82) is 0 Å². The van der Waals surface area contributed by atoms with E-state index in [0.717, 1.165) is 4.90 Å². The van der Waals surface area contributed by atoms with Gasteiger partial charge in [-0.15, -0.1) is 23.1 Å². The predicted octanol–water partition coefficient (Wildman–Crippen LogP) is 3.33. The first-order valence-corrected chi connectivity index (χ1v) is 8.59. The maximum Gasteiger partial charge on any atom is 0.230 e. The molecule has 0 radical (unpaired) electrons. The lowest BCUT2D eigenvalue weighted by atomic mass is 10.0. The number of anilines is 1. The fraction of sp³-hybridized carbons (Fsp3) is 0.333. The molecule has 21 heavy (non-hydrogen) atoms. The standard InChI is InChI=1S/C15H19N3OS2/c1-10(2)15(13-4-3-7-20-13)18-14(19)9-21-12-5-6-17-8-11(12)16/h3-8,10,15H,9,16H2,1-2H3,(H,18,19). The van der Waals surface area contributed by atoms with E-state index in [0.29, 0.717) is 17.4 Å². The average Bonchev–Trinajstić information content (AvgIpc) is 2.97. The first-order valence-electron chi connectivity index (χ1n) is 6.73. The molecule has 2 heterocycles. The molecule has 2 aromatic heterocycles. The SMILES string of the molecule is CC(C)C(NC(=O)CSc1ccncc1N)c1cccs1. The number of amides is 1. The molecule has 0 aliphatic heterocycles. The molecule has 1 amide bonds. The van der Waals surface area contributed by atoms with E-state index in [1.807, 2.05) is 17.5 Å². The minimum absolute atomic E-state index is 0.0170. The number of carbonyl (C=O) groups is 1. The summed E-state index contributed by atoms with van der Waals surface area (Å²) in [5.41, 5.74) is 6.43. The van der Waals surface area contributed by atoms with Crippen LogP contribution in [-0.2, 0) is 4.79 Å². The molecule has 0 saturated heterocycles. The summed E-state index contributed by atoms with van der Waals surface area (Å²) in [7, 11) is 0. The van der Waals surface area contributed by atoms with Crippen LogP contribution in [0.2, 0.25) is 0 Å². The molecule has 0 aromatic carbocycles. The Morgan fingerprint density at radius 3 is 2.90 bits per heavy atom. The van der Waals surface area contributed by atoms with Crippen molar-refractivity contribution in [2.45, 2.75) is 24.8 Å². The van der Waals surface area contributed by atoms with Crippen LogP contribution in [0, 0.1) is 5.92 Å². The maximum absolute atomic E-state index is 12.2. The number of rotatable bonds is 6. The van der Waals surface area contributed by atoms with Crippen LogP contribution in [0.4, 0.5) is 5.69 Å². The smallest absolute Gasteiger partial charge is 0.230 e. The summed E-state index contributed by atoms with van der Waals surface area (Å²) in [6.45, 7) is 4.22. The Labute approximate surface area is 133 Å². The van der Waals surface area contributed by atoms with Gasteiger partial charge in [-0.2, -0.15) is 0 Å². The Morgan fingerprint density at radius 1 is 1.48 bits per heavy atom. The lowest BCUT2D eigenvalue weighted by molar-refractivity contribution is -0.119. The van der Waals surface area contributed by atoms with Crippen LogP contribution >= 0.6 is 23.1 Å². The van der Waals surface area contributed by atoms with E-state index in [1.54, 1.807) is 23.7 Å². The fourth-order valence-electron chi connectivity index (χ4n) is 1.92. The number of carbonyl (C=O) groups excluding carboxylic acids is 1. The average molecular weight is 321 g/mol. The van der Waals surface area contributed by atoms with E-state index in [-0.39, 0.29) is 11.9 Å². The zero-order valence-corrected chi connectivity index (χ0v) is 13.7. The quantitative estimate of drug-likeness (QED) is 0.801. The van der Waals surface area contributed by atoms with Gasteiger partial charge < -0.3 is 11.1 Å². The Kier molecular flexibility index (Phi) is 5.64. The third-order valence-electron chi connectivity index (χ3n) is 3.00. The second kappa shape index (κ2) is 7.47. The topological polar surface area (TPSA) is 68.0 Å². The lowest BCUT2D eigenvalue weighted by Crippen LogP contribution is -2.32. The van der Waals surface area contributed by atoms with Crippen molar-refractivity contribution in [3.8, 4) is 0 Å². The third kappa shape index (κ3) is 4.47. The van der Waals surface area contributed by atoms with Crippen LogP contribution < -0.4 is 11.1 Å². The number of hydrogen-bond donors (Lipinski definition) is 2. The number of nitrogens with one attached hydrogen (secondary N) is 1. The first kappa shape index (κ1) is 15.9. The van der Waals surface area contributed by atoms with Crippen LogP contribution in [0.25, 0.3) is 0 Å². The number of thiophene rings is 1. The Balaban J connectivity index is 1.93. The number of hydrogen-bond acceptors (Lipinski definition) is 5. The molecule has 4 nitrogen and oxygen atoms in total. The lowest BCUT2D eigenvalue weighted by Gasteiger charge is -2.21. The van der Waals surface area contributed by atoms with Gasteiger partial charge in [-0.25, -0.2) is 0 Å². The summed E-state index contributed by atoms with van der Waals surface area (Å²) in [6, 6.07) is 5.96. The highest BCUT2D eigenvalue weighted by atomic mass is 32.2. The Bertz CT molecular complexity index is 584. The van der Waals surface area contributed by atoms with Crippen LogP contribution in [0.3, 0.4) is 0 Å². The monoisotopic (exact) mass is 321 g/mol. The zero-order chi connectivity index (χ0) is 15.2. The molecule has 3 N–H and O–H groups in total. The van der Waals surface area contributed by atoms with E-state index < -0.39 is 0 Å². The number of nitrogen functional groups attached to an aromatic ring is 1. The molecule has 0 aliphatic rings. The van der Waals surface area contributed by atoms with E-state index in [9.17, 15) is 4.79 Å². The third-order valence-corrected chi connectivity index (χ3v) is 5.05. The molecule has 0 spiro atoms. The highest BCUT2D eigenvalue weighted by Crippen LogP contribution is 2.27. The van der Waals surface area contributed by atoms with Crippen LogP contribution in [0.5, 0.6) is 0 Å². The van der Waals surface area contributed by atoms with Crippen molar-refractivity contribution in [2.75, 3.05) is 11.5 Å². The minimum Gasteiger partial charge on any atom is -0.397 e. The molecular weight excluding hydrogens is 302 g/mol. The van der Waals surface area contributed by atoms with Gasteiger partial charge in [0.25, 0.3) is 0 Å². The largest absolute Gasteiger partial charge is 0.397 e. The highest BCUT2D eigenvalue weighted by molar-refractivity contribution is 8.00. The van der Waals surface area contributed by atoms with Crippen molar-refractivity contribution in [3.63, 3.8) is 0 Å². The summed E-state index contributed by atoms with van der Waals surface area (Å²) in [4.78, 5) is 18.2. The van der Waals surface area contributed by atoms with Gasteiger partial charge in [0.2, 0.25) is 5.91 Å². The molecule has 112 valence electrons. The van der Waals surface area contributed by atoms with E-state index in [4.69, 9.17) is 5.73 Å². The molecule has 0 aliphatic carbocycles. The van der Waals surface area contributed by atoms with Gasteiger partial charge in [-0.05, 0) is 23.4 Å². The van der Waals surface area contributed by atoms with Crippen molar-refractivity contribution in [3.05, 3.63) is 40.8 Å². The number of nitrogens with two attached hydrogens (primary N) is 1. The molecule has 0 fully saturated rings. The van der Waals surface area contributed by atoms with Gasteiger partial charge in [-0.3, -0.25) is 9.78 Å². The van der Waals surface area contributed by atoms with Crippen molar-refractivity contribution in [2.24, 2.45) is 5.92 Å². The van der Waals surface area contributed by atoms with Crippen molar-refractivity contribution in [1.82, 2.24) is 10.3 Å². The molecular formula is C15H19N3OS2. The van der Waals surface area contributed by atoms with E-state index in [2.05, 4.69) is 30.2 Å². The second-order valence-electron chi connectivity index (χ2n) is 5.01. The summed E-state index contributed by atoms with van der Waals surface area (Å²) in [5.74, 6) is 0.718. The predicted molar refractivity (Wildman–Crippen MR) is 89.4 cm³/mol. The molecule has 6 heteroatoms. The summed E-state index contributed by atoms with van der Waals surface area (Å²) in [5, 5.41) is 5.13. The number of pyridine rings is 1. The fourth-order valence-corrected chi connectivity index (χ4v) is 3.61. The van der Waals surface area contributed by atoms with Gasteiger partial charge in [0.1, 0.15) is 0 Å². The summed E-state index contributed by atoms with van der Waals surface area (Å²) < 4.78 is 0. The van der Waals surface area contributed by atoms with Gasteiger partial charge >= 0.3 is 0 Å². The second-order valence-corrected chi connectivity index (χ2v) is 7.00. The number of aromatic nitrogens is 1. The Morgan fingerprint density at radius 2 is 2.29 bits per heavy atom. The van der Waals surface area contributed by atoms with E-state index in [1.165, 1.54) is 16.6 Å². The van der Waals surface area contributed by atoms with Crippen LogP contribution in [0.1, 0.15) is 24.8 Å². The van der Waals surface area contributed by atoms with Gasteiger partial charge in [0, 0.05) is 16.0 Å². The summed E-state index contributed by atoms with van der Waals surface area (Å²) in [6.07, 6.45) is 3.28. The molecule has 2 rings (SSSR count). The number of thioether (sulfide) groups is 1. The maximum atomic E-state index is 12.2. The van der Waals surface area contributed by atoms with Crippen molar-refractivity contribution >= 4 is 34.7 Å². The summed E-state index contributed by atoms with van der Waals surface area (Å²) >= 11 is 3.10. The van der Waals surface area contributed by atoms with Gasteiger partial charge in [0.15, 0.2) is 0 Å². The van der Waals surface area contributed by atoms with Crippen LogP contribution in [0.15, 0.2) is 40.9 Å². The normalized spacial score (nSPS) is 12.3. The molecule has 2 aromatic rings. The van der Waals surface area contributed by atoms with Gasteiger partial charge in [-0.1, -0.05) is 19.9 Å². The van der Waals surface area contributed by atoms with Crippen LogP contribution in [-0.4, -0.2) is 16.6 Å². The first-order chi connectivity index (χ1) is 10.1. The molecule has 0 saturated carbocycles. The van der Waals surface area contributed by atoms with Crippen molar-refractivity contribution < 1.29 is 4.79 Å².